The van der Waals surface area contributed by atoms with Gasteiger partial charge in [-0.05, 0) is 37.0 Å². The number of nitrogens with zero attached hydrogens (tertiary/aromatic N) is 3. The normalized spacial score (nSPS) is 17.8. The van der Waals surface area contributed by atoms with Gasteiger partial charge in [0.1, 0.15) is 0 Å². The van der Waals surface area contributed by atoms with Crippen molar-refractivity contribution in [1.29, 1.82) is 0 Å². The van der Waals surface area contributed by atoms with Crippen molar-refractivity contribution in [2.45, 2.75) is 26.2 Å². The minimum Gasteiger partial charge on any atom is -0.340 e. The van der Waals surface area contributed by atoms with E-state index in [-0.39, 0.29) is 11.8 Å². The zero-order chi connectivity index (χ0) is 16.1. The average Bonchev–Trinajstić information content (AvgIpc) is 2.63. The fourth-order valence-corrected chi connectivity index (χ4v) is 3.01. The number of benzene rings is 1. The van der Waals surface area contributed by atoms with Crippen molar-refractivity contribution in [1.82, 2.24) is 9.97 Å². The molecule has 1 aliphatic heterocycles. The number of carbonyl (C=O) groups is 1. The van der Waals surface area contributed by atoms with Crippen LogP contribution in [0.3, 0.4) is 0 Å². The molecule has 0 unspecified atom stereocenters. The van der Waals surface area contributed by atoms with Crippen LogP contribution in [0.4, 0.5) is 11.6 Å². The summed E-state index contributed by atoms with van der Waals surface area (Å²) in [5, 5.41) is 3.10. The molecule has 1 atom stereocenters. The van der Waals surface area contributed by atoms with Gasteiger partial charge in [-0.15, -0.1) is 0 Å². The Morgan fingerprint density at radius 2 is 2.04 bits per heavy atom. The summed E-state index contributed by atoms with van der Waals surface area (Å²) in [5.41, 5.74) is 2.09. The van der Waals surface area contributed by atoms with Crippen molar-refractivity contribution in [3.8, 4) is 0 Å². The Labute approximate surface area is 136 Å². The zero-order valence-corrected chi connectivity index (χ0v) is 13.4. The molecular formula is C18H22N4O. The third kappa shape index (κ3) is 3.67. The number of para-hydroxylation sites is 1. The Hall–Kier alpha value is -2.43. The first-order valence-electron chi connectivity index (χ1n) is 8.18. The summed E-state index contributed by atoms with van der Waals surface area (Å²) in [6.07, 6.45) is 6.27. The Bertz CT molecular complexity index is 659. The topological polar surface area (TPSA) is 58.1 Å². The van der Waals surface area contributed by atoms with Crippen molar-refractivity contribution in [3.63, 3.8) is 0 Å². The van der Waals surface area contributed by atoms with Gasteiger partial charge in [-0.3, -0.25) is 4.79 Å². The number of aromatic nitrogens is 2. The number of anilines is 2. The van der Waals surface area contributed by atoms with E-state index in [9.17, 15) is 4.79 Å². The van der Waals surface area contributed by atoms with Gasteiger partial charge in [0.25, 0.3) is 0 Å². The number of hydrogen-bond donors (Lipinski definition) is 1. The number of aryl methyl sites for hydroxylation is 1. The van der Waals surface area contributed by atoms with E-state index in [1.54, 1.807) is 18.5 Å². The van der Waals surface area contributed by atoms with Gasteiger partial charge in [0.2, 0.25) is 11.9 Å². The molecule has 0 saturated carbocycles. The Balaban J connectivity index is 1.68. The van der Waals surface area contributed by atoms with Crippen LogP contribution in [0.25, 0.3) is 0 Å². The summed E-state index contributed by atoms with van der Waals surface area (Å²) in [7, 11) is 0. The predicted molar refractivity (Wildman–Crippen MR) is 91.4 cm³/mol. The highest BCUT2D eigenvalue weighted by Crippen LogP contribution is 2.23. The van der Waals surface area contributed by atoms with E-state index in [1.165, 1.54) is 5.56 Å². The number of hydrogen-bond acceptors (Lipinski definition) is 4. The van der Waals surface area contributed by atoms with Crippen LogP contribution < -0.4 is 10.2 Å². The van der Waals surface area contributed by atoms with Gasteiger partial charge in [0, 0.05) is 31.2 Å². The molecule has 5 heteroatoms. The summed E-state index contributed by atoms with van der Waals surface area (Å²) in [4.78, 5) is 23.3. The van der Waals surface area contributed by atoms with Crippen molar-refractivity contribution in [2.75, 3.05) is 23.3 Å². The number of nitrogens with one attached hydrogen (secondary N) is 1. The van der Waals surface area contributed by atoms with Crippen LogP contribution >= 0.6 is 0 Å². The molecule has 1 aromatic carbocycles. The molecular weight excluding hydrogens is 288 g/mol. The fraction of sp³-hybridized carbons (Fsp3) is 0.389. The first-order valence-corrected chi connectivity index (χ1v) is 8.18. The second-order valence-electron chi connectivity index (χ2n) is 5.83. The third-order valence-corrected chi connectivity index (χ3v) is 4.28. The number of piperidine rings is 1. The van der Waals surface area contributed by atoms with E-state index in [0.29, 0.717) is 12.5 Å². The second-order valence-corrected chi connectivity index (χ2v) is 5.83. The first-order chi connectivity index (χ1) is 11.3. The van der Waals surface area contributed by atoms with Crippen molar-refractivity contribution < 1.29 is 4.79 Å². The fourth-order valence-electron chi connectivity index (χ4n) is 3.01. The third-order valence-electron chi connectivity index (χ3n) is 4.28. The van der Waals surface area contributed by atoms with E-state index >= 15 is 0 Å². The van der Waals surface area contributed by atoms with Gasteiger partial charge in [-0.25, -0.2) is 9.97 Å². The van der Waals surface area contributed by atoms with E-state index in [0.717, 1.165) is 31.5 Å². The summed E-state index contributed by atoms with van der Waals surface area (Å²) >= 11 is 0. The molecule has 1 N–H and O–H groups in total. The van der Waals surface area contributed by atoms with Crippen LogP contribution in [0, 0.1) is 5.92 Å². The first kappa shape index (κ1) is 15.5. The van der Waals surface area contributed by atoms with Crippen molar-refractivity contribution in [2.24, 2.45) is 5.92 Å². The Morgan fingerprint density at radius 3 is 2.83 bits per heavy atom. The highest BCUT2D eigenvalue weighted by Gasteiger charge is 2.27. The quantitative estimate of drug-likeness (QED) is 0.943. The lowest BCUT2D eigenvalue weighted by Gasteiger charge is -2.32. The maximum Gasteiger partial charge on any atom is 0.229 e. The Morgan fingerprint density at radius 1 is 1.26 bits per heavy atom. The van der Waals surface area contributed by atoms with Crippen LogP contribution in [0.2, 0.25) is 0 Å². The van der Waals surface area contributed by atoms with Gasteiger partial charge >= 0.3 is 0 Å². The van der Waals surface area contributed by atoms with E-state index in [4.69, 9.17) is 0 Å². The van der Waals surface area contributed by atoms with Crippen molar-refractivity contribution >= 4 is 17.5 Å². The van der Waals surface area contributed by atoms with Crippen LogP contribution in [-0.4, -0.2) is 29.0 Å². The second kappa shape index (κ2) is 7.22. The molecule has 1 fully saturated rings. The summed E-state index contributed by atoms with van der Waals surface area (Å²) in [6.45, 7) is 3.67. The lowest BCUT2D eigenvalue weighted by atomic mass is 9.97. The van der Waals surface area contributed by atoms with Crippen LogP contribution in [0.5, 0.6) is 0 Å². The number of carbonyl (C=O) groups excluding carboxylic acids is 1. The summed E-state index contributed by atoms with van der Waals surface area (Å²) in [5.74, 6) is 0.767. The van der Waals surface area contributed by atoms with Crippen LogP contribution in [-0.2, 0) is 11.2 Å². The van der Waals surface area contributed by atoms with E-state index in [2.05, 4.69) is 33.2 Å². The van der Waals surface area contributed by atoms with Gasteiger partial charge in [-0.1, -0.05) is 25.1 Å². The molecule has 0 radical (unpaired) electrons. The molecule has 3 rings (SSSR count). The lowest BCUT2D eigenvalue weighted by Crippen LogP contribution is -2.41. The molecule has 0 spiro atoms. The van der Waals surface area contributed by atoms with Crippen LogP contribution in [0.15, 0.2) is 42.7 Å². The number of rotatable bonds is 4. The zero-order valence-electron chi connectivity index (χ0n) is 13.4. The SMILES string of the molecule is CCc1ccccc1NC(=O)[C@@H]1CCCN(c2ncccn2)C1. The highest BCUT2D eigenvalue weighted by molar-refractivity contribution is 5.93. The molecule has 1 aliphatic rings. The average molecular weight is 310 g/mol. The van der Waals surface area contributed by atoms with Gasteiger partial charge in [-0.2, -0.15) is 0 Å². The smallest absolute Gasteiger partial charge is 0.229 e. The minimum atomic E-state index is -0.0301. The summed E-state index contributed by atoms with van der Waals surface area (Å²) in [6, 6.07) is 9.79. The molecule has 23 heavy (non-hydrogen) atoms. The van der Waals surface area contributed by atoms with Crippen molar-refractivity contribution in [3.05, 3.63) is 48.3 Å². The lowest BCUT2D eigenvalue weighted by molar-refractivity contribution is -0.120. The molecule has 120 valence electrons. The maximum absolute atomic E-state index is 12.6. The predicted octanol–water partition coefficient (Wildman–Crippen LogP) is 2.89. The molecule has 1 amide bonds. The molecule has 2 aromatic rings. The maximum atomic E-state index is 12.6. The molecule has 1 aromatic heterocycles. The molecule has 2 heterocycles. The molecule has 1 saturated heterocycles. The minimum absolute atomic E-state index is 0.0301. The molecule has 0 aliphatic carbocycles. The van der Waals surface area contributed by atoms with Gasteiger partial charge < -0.3 is 10.2 Å². The Kier molecular flexibility index (Phi) is 4.86. The standard InChI is InChI=1S/C18H22N4O/c1-2-14-7-3-4-9-16(14)21-17(23)15-8-5-12-22(13-15)18-19-10-6-11-20-18/h3-4,6-7,9-11,15H,2,5,8,12-13H2,1H3,(H,21,23)/t15-/m1/s1. The van der Waals surface area contributed by atoms with Crippen LogP contribution in [0.1, 0.15) is 25.3 Å². The van der Waals surface area contributed by atoms with Gasteiger partial charge in [0.15, 0.2) is 0 Å². The molecule has 0 bridgehead atoms. The number of amides is 1. The largest absolute Gasteiger partial charge is 0.340 e. The molecule has 5 nitrogen and oxygen atoms in total. The highest BCUT2D eigenvalue weighted by atomic mass is 16.1. The van der Waals surface area contributed by atoms with E-state index in [1.807, 2.05) is 18.2 Å². The van der Waals surface area contributed by atoms with Gasteiger partial charge in [0.05, 0.1) is 5.92 Å². The summed E-state index contributed by atoms with van der Waals surface area (Å²) < 4.78 is 0. The van der Waals surface area contributed by atoms with E-state index < -0.39 is 0 Å². The monoisotopic (exact) mass is 310 g/mol.